The zero-order chi connectivity index (χ0) is 20.8. The molecule has 1 aliphatic heterocycles. The van der Waals surface area contributed by atoms with Gasteiger partial charge >= 0.3 is 5.91 Å². The second-order valence-electron chi connectivity index (χ2n) is 8.11. The van der Waals surface area contributed by atoms with Crippen molar-refractivity contribution < 1.29 is 18.7 Å². The fraction of sp³-hybridized carbons (Fsp3) is 0.261. The normalized spacial score (nSPS) is 20.2. The van der Waals surface area contributed by atoms with Crippen LogP contribution in [-0.2, 0) is 4.79 Å². The molecular formula is C23H22N2O4. The fourth-order valence-corrected chi connectivity index (χ4v) is 3.62. The molecule has 1 aliphatic carbocycles. The lowest BCUT2D eigenvalue weighted by molar-refractivity contribution is -0.116. The number of rotatable bonds is 2. The first-order chi connectivity index (χ1) is 13.8. The van der Waals surface area contributed by atoms with Crippen molar-refractivity contribution in [2.45, 2.75) is 20.8 Å². The molecule has 148 valence electrons. The highest BCUT2D eigenvalue weighted by Gasteiger charge is 2.32. The number of furan rings is 1. The Kier molecular flexibility index (Phi) is 4.49. The van der Waals surface area contributed by atoms with Crippen LogP contribution in [0.5, 0.6) is 5.75 Å². The molecule has 6 nitrogen and oxygen atoms in total. The first-order valence-electron chi connectivity index (χ1n) is 9.38. The molecule has 1 unspecified atom stereocenters. The number of carbonyl (C=O) groups is 2. The van der Waals surface area contributed by atoms with Gasteiger partial charge in [0.15, 0.2) is 17.1 Å². The molecule has 0 spiro atoms. The Morgan fingerprint density at radius 3 is 2.76 bits per heavy atom. The topological polar surface area (TPSA) is 80.9 Å². The van der Waals surface area contributed by atoms with E-state index >= 15 is 0 Å². The minimum absolute atomic E-state index is 0.0304. The highest BCUT2D eigenvalue weighted by Crippen LogP contribution is 2.38. The van der Waals surface area contributed by atoms with Crippen LogP contribution in [0.1, 0.15) is 31.3 Å². The molecule has 2 aliphatic rings. The number of hydrogen-bond acceptors (Lipinski definition) is 4. The number of aliphatic imine (C=N–C) groups is 1. The number of benzene rings is 1. The summed E-state index contributed by atoms with van der Waals surface area (Å²) in [7, 11) is 1.55. The van der Waals surface area contributed by atoms with Crippen LogP contribution in [0.25, 0.3) is 11.0 Å². The van der Waals surface area contributed by atoms with E-state index in [1.165, 1.54) is 0 Å². The van der Waals surface area contributed by atoms with Gasteiger partial charge in [-0.25, -0.2) is 4.99 Å². The quantitative estimate of drug-likeness (QED) is 0.833. The van der Waals surface area contributed by atoms with Crippen molar-refractivity contribution in [2.24, 2.45) is 16.3 Å². The van der Waals surface area contributed by atoms with E-state index in [0.717, 1.165) is 16.7 Å². The van der Waals surface area contributed by atoms with Gasteiger partial charge in [0.05, 0.1) is 12.8 Å². The average Bonchev–Trinajstić information content (AvgIpc) is 3.11. The van der Waals surface area contributed by atoms with Crippen molar-refractivity contribution in [3.05, 3.63) is 65.6 Å². The van der Waals surface area contributed by atoms with Crippen LogP contribution in [0.4, 0.5) is 0 Å². The van der Waals surface area contributed by atoms with E-state index in [9.17, 15) is 9.59 Å². The SMILES string of the molecule is COc1cccc2cc(C(=O)N=C3C=CC4C(=C3)NC(=O)C=C4C(C)(C)C)oc12. The minimum atomic E-state index is -0.494. The summed E-state index contributed by atoms with van der Waals surface area (Å²) in [5.74, 6) is 0.00365. The number of nitrogens with zero attached hydrogens (tertiary/aromatic N) is 1. The summed E-state index contributed by atoms with van der Waals surface area (Å²) >= 11 is 0. The van der Waals surface area contributed by atoms with Crippen molar-refractivity contribution in [1.82, 2.24) is 5.32 Å². The maximum absolute atomic E-state index is 12.6. The predicted octanol–water partition coefficient (Wildman–Crippen LogP) is 4.19. The lowest BCUT2D eigenvalue weighted by atomic mass is 9.74. The van der Waals surface area contributed by atoms with Crippen LogP contribution in [0.3, 0.4) is 0 Å². The summed E-state index contributed by atoms with van der Waals surface area (Å²) in [5, 5.41) is 3.63. The summed E-state index contributed by atoms with van der Waals surface area (Å²) in [6, 6.07) is 7.09. The second-order valence-corrected chi connectivity index (χ2v) is 8.11. The Hall–Kier alpha value is -3.41. The van der Waals surface area contributed by atoms with Gasteiger partial charge in [0.2, 0.25) is 5.91 Å². The van der Waals surface area contributed by atoms with Gasteiger partial charge in [0, 0.05) is 23.1 Å². The zero-order valence-electron chi connectivity index (χ0n) is 16.8. The molecular weight excluding hydrogens is 368 g/mol. The molecule has 0 saturated heterocycles. The Morgan fingerprint density at radius 1 is 1.24 bits per heavy atom. The number of allylic oxidation sites excluding steroid dienone is 3. The number of nitrogens with one attached hydrogen (secondary N) is 1. The number of para-hydroxylation sites is 1. The van der Waals surface area contributed by atoms with Crippen molar-refractivity contribution in [3.8, 4) is 5.75 Å². The third kappa shape index (κ3) is 3.53. The van der Waals surface area contributed by atoms with Gasteiger partial charge in [-0.1, -0.05) is 39.0 Å². The van der Waals surface area contributed by atoms with Gasteiger partial charge in [-0.05, 0) is 35.3 Å². The largest absolute Gasteiger partial charge is 0.493 e. The summed E-state index contributed by atoms with van der Waals surface area (Å²) in [4.78, 5) is 28.9. The van der Waals surface area contributed by atoms with Gasteiger partial charge in [0.25, 0.3) is 0 Å². The second kappa shape index (κ2) is 6.88. The molecule has 0 fully saturated rings. The summed E-state index contributed by atoms with van der Waals surface area (Å²) in [6.45, 7) is 6.23. The van der Waals surface area contributed by atoms with E-state index in [4.69, 9.17) is 9.15 Å². The molecule has 1 aromatic carbocycles. The first kappa shape index (κ1) is 18.9. The van der Waals surface area contributed by atoms with Gasteiger partial charge in [0.1, 0.15) is 0 Å². The lowest BCUT2D eigenvalue weighted by Crippen LogP contribution is -2.36. The average molecular weight is 390 g/mol. The van der Waals surface area contributed by atoms with Crippen LogP contribution in [0.2, 0.25) is 0 Å². The van der Waals surface area contributed by atoms with Gasteiger partial charge < -0.3 is 14.5 Å². The maximum atomic E-state index is 12.6. The van der Waals surface area contributed by atoms with Crippen molar-refractivity contribution in [2.75, 3.05) is 7.11 Å². The highest BCUT2D eigenvalue weighted by molar-refractivity contribution is 6.14. The number of fused-ring (bicyclic) bond motifs is 2. The minimum Gasteiger partial charge on any atom is -0.493 e. The lowest BCUT2D eigenvalue weighted by Gasteiger charge is -2.34. The van der Waals surface area contributed by atoms with Crippen LogP contribution in [0.15, 0.2) is 69.2 Å². The molecule has 6 heteroatoms. The number of amides is 2. The standard InChI is InChI=1S/C23H22N2O4/c1-23(2,3)16-12-20(26)25-17-11-14(8-9-15(16)17)24-22(27)19-10-13-6-5-7-18(28-4)21(13)29-19/h5-12,15H,1-4H3,(H,25,26). The molecule has 0 bridgehead atoms. The van der Waals surface area contributed by atoms with Crippen LogP contribution in [0, 0.1) is 11.3 Å². The molecule has 4 rings (SSSR count). The Morgan fingerprint density at radius 2 is 2.03 bits per heavy atom. The molecule has 1 atom stereocenters. The molecule has 29 heavy (non-hydrogen) atoms. The van der Waals surface area contributed by atoms with Crippen LogP contribution < -0.4 is 10.1 Å². The fourth-order valence-electron chi connectivity index (χ4n) is 3.62. The summed E-state index contributed by atoms with van der Waals surface area (Å²) in [6.07, 6.45) is 7.15. The monoisotopic (exact) mass is 390 g/mol. The third-order valence-corrected chi connectivity index (χ3v) is 5.02. The molecule has 2 aromatic rings. The first-order valence-corrected chi connectivity index (χ1v) is 9.38. The van der Waals surface area contributed by atoms with E-state index in [-0.39, 0.29) is 23.0 Å². The number of carbonyl (C=O) groups excluding carboxylic acids is 2. The molecule has 2 heterocycles. The zero-order valence-corrected chi connectivity index (χ0v) is 16.8. The van der Waals surface area contributed by atoms with Crippen molar-refractivity contribution in [3.63, 3.8) is 0 Å². The summed E-state index contributed by atoms with van der Waals surface area (Å²) in [5.41, 5.74) is 2.57. The number of hydrogen-bond donors (Lipinski definition) is 1. The van der Waals surface area contributed by atoms with E-state index in [1.807, 2.05) is 18.2 Å². The van der Waals surface area contributed by atoms with E-state index in [0.29, 0.717) is 17.0 Å². The Balaban J connectivity index is 1.65. The van der Waals surface area contributed by atoms with Crippen molar-refractivity contribution >= 4 is 28.5 Å². The van der Waals surface area contributed by atoms with Crippen LogP contribution >= 0.6 is 0 Å². The molecule has 0 saturated carbocycles. The van der Waals surface area contributed by atoms with E-state index < -0.39 is 5.91 Å². The summed E-state index contributed by atoms with van der Waals surface area (Å²) < 4.78 is 10.9. The van der Waals surface area contributed by atoms with Crippen LogP contribution in [-0.4, -0.2) is 24.6 Å². The Bertz CT molecular complexity index is 1140. The predicted molar refractivity (Wildman–Crippen MR) is 111 cm³/mol. The Labute approximate surface area is 168 Å². The van der Waals surface area contributed by atoms with Gasteiger partial charge in [-0.3, -0.25) is 9.59 Å². The van der Waals surface area contributed by atoms with E-state index in [2.05, 4.69) is 31.1 Å². The number of methoxy groups -OCH3 is 1. The molecule has 1 N–H and O–H groups in total. The maximum Gasteiger partial charge on any atom is 0.313 e. The molecule has 2 amide bonds. The van der Waals surface area contributed by atoms with Crippen molar-refractivity contribution in [1.29, 1.82) is 0 Å². The molecule has 1 aromatic heterocycles. The highest BCUT2D eigenvalue weighted by atomic mass is 16.5. The smallest absolute Gasteiger partial charge is 0.313 e. The van der Waals surface area contributed by atoms with Gasteiger partial charge in [-0.2, -0.15) is 0 Å². The number of ether oxygens (including phenoxy) is 1. The van der Waals surface area contributed by atoms with E-state index in [1.54, 1.807) is 37.5 Å². The molecule has 0 radical (unpaired) electrons. The third-order valence-electron chi connectivity index (χ3n) is 5.02. The van der Waals surface area contributed by atoms with Gasteiger partial charge in [-0.15, -0.1) is 0 Å².